The minimum Gasteiger partial charge on any atom is -0.328 e. The maximum Gasteiger partial charge on any atom is 0.134 e. The molecule has 0 heterocycles. The SMILES string of the molecule is CCCCCCCC(=O)CC(C)N. The van der Waals surface area contributed by atoms with Crippen molar-refractivity contribution in [1.82, 2.24) is 0 Å². The van der Waals surface area contributed by atoms with Crippen LogP contribution in [-0.4, -0.2) is 11.8 Å². The Labute approximate surface area is 81.9 Å². The molecule has 0 bridgehead atoms. The molecule has 0 rings (SSSR count). The van der Waals surface area contributed by atoms with E-state index in [0.717, 1.165) is 12.8 Å². The van der Waals surface area contributed by atoms with Crippen molar-refractivity contribution in [2.24, 2.45) is 5.73 Å². The first kappa shape index (κ1) is 12.6. The van der Waals surface area contributed by atoms with Crippen molar-refractivity contribution in [3.63, 3.8) is 0 Å². The van der Waals surface area contributed by atoms with Crippen LogP contribution < -0.4 is 5.73 Å². The van der Waals surface area contributed by atoms with E-state index < -0.39 is 0 Å². The zero-order valence-corrected chi connectivity index (χ0v) is 9.01. The third-order valence-electron chi connectivity index (χ3n) is 2.11. The molecule has 13 heavy (non-hydrogen) atoms. The van der Waals surface area contributed by atoms with E-state index >= 15 is 0 Å². The predicted octanol–water partition coefficient (Wildman–Crippen LogP) is 2.65. The summed E-state index contributed by atoms with van der Waals surface area (Å²) in [5.74, 6) is 0.325. The average Bonchev–Trinajstić information content (AvgIpc) is 2.02. The largest absolute Gasteiger partial charge is 0.328 e. The van der Waals surface area contributed by atoms with E-state index in [1.165, 1.54) is 25.7 Å². The third-order valence-corrected chi connectivity index (χ3v) is 2.11. The molecule has 2 nitrogen and oxygen atoms in total. The molecule has 0 aromatic rings. The summed E-state index contributed by atoms with van der Waals surface area (Å²) >= 11 is 0. The third kappa shape index (κ3) is 9.54. The van der Waals surface area contributed by atoms with Crippen LogP contribution in [0.5, 0.6) is 0 Å². The van der Waals surface area contributed by atoms with Gasteiger partial charge in [-0.15, -0.1) is 0 Å². The van der Waals surface area contributed by atoms with Crippen LogP contribution >= 0.6 is 0 Å². The van der Waals surface area contributed by atoms with Gasteiger partial charge in [-0.05, 0) is 13.3 Å². The number of carbonyl (C=O) groups excluding carboxylic acids is 1. The normalized spacial score (nSPS) is 12.8. The Balaban J connectivity index is 3.17. The number of rotatable bonds is 8. The molecule has 2 heteroatoms. The average molecular weight is 185 g/mol. The van der Waals surface area contributed by atoms with E-state index in [4.69, 9.17) is 5.73 Å². The first-order chi connectivity index (χ1) is 6.16. The van der Waals surface area contributed by atoms with Crippen LogP contribution in [0.4, 0.5) is 0 Å². The van der Waals surface area contributed by atoms with Gasteiger partial charge in [0.1, 0.15) is 5.78 Å². The van der Waals surface area contributed by atoms with E-state index in [1.807, 2.05) is 6.92 Å². The molecule has 0 saturated carbocycles. The molecule has 78 valence electrons. The highest BCUT2D eigenvalue weighted by atomic mass is 16.1. The second-order valence-electron chi connectivity index (χ2n) is 3.88. The first-order valence-corrected chi connectivity index (χ1v) is 5.44. The topological polar surface area (TPSA) is 43.1 Å². The van der Waals surface area contributed by atoms with Gasteiger partial charge in [0.2, 0.25) is 0 Å². The molecule has 0 radical (unpaired) electrons. The molecule has 2 N–H and O–H groups in total. The molecule has 1 atom stereocenters. The molecule has 0 spiro atoms. The molecule has 0 aromatic heterocycles. The fourth-order valence-corrected chi connectivity index (χ4v) is 1.39. The Morgan fingerprint density at radius 3 is 2.38 bits per heavy atom. The van der Waals surface area contributed by atoms with Crippen LogP contribution in [0.1, 0.15) is 58.8 Å². The zero-order chi connectivity index (χ0) is 10.1. The first-order valence-electron chi connectivity index (χ1n) is 5.44. The zero-order valence-electron chi connectivity index (χ0n) is 9.01. The van der Waals surface area contributed by atoms with E-state index in [9.17, 15) is 4.79 Å². The molecular weight excluding hydrogens is 162 g/mol. The summed E-state index contributed by atoms with van der Waals surface area (Å²) in [6.45, 7) is 4.08. The van der Waals surface area contributed by atoms with Gasteiger partial charge in [-0.1, -0.05) is 32.6 Å². The van der Waals surface area contributed by atoms with Crippen molar-refractivity contribution in [2.45, 2.75) is 64.8 Å². The molecule has 1 unspecified atom stereocenters. The predicted molar refractivity (Wildman–Crippen MR) is 56.6 cm³/mol. The second kappa shape index (κ2) is 8.24. The Morgan fingerprint density at radius 1 is 1.23 bits per heavy atom. The molecule has 0 aromatic carbocycles. The number of Topliss-reactive ketones (excluding diaryl/α,β-unsaturated/α-hetero) is 1. The minimum absolute atomic E-state index is 0.0307. The maximum absolute atomic E-state index is 11.2. The van der Waals surface area contributed by atoms with E-state index in [-0.39, 0.29) is 6.04 Å². The smallest absolute Gasteiger partial charge is 0.134 e. The molecule has 0 saturated heterocycles. The number of unbranched alkanes of at least 4 members (excludes halogenated alkanes) is 4. The molecule has 0 amide bonds. The standard InChI is InChI=1S/C11H23NO/c1-3-4-5-6-7-8-11(13)9-10(2)12/h10H,3-9,12H2,1-2H3. The second-order valence-corrected chi connectivity index (χ2v) is 3.88. The fourth-order valence-electron chi connectivity index (χ4n) is 1.39. The lowest BCUT2D eigenvalue weighted by Gasteiger charge is -2.03. The Hall–Kier alpha value is -0.370. The summed E-state index contributed by atoms with van der Waals surface area (Å²) in [6, 6.07) is 0.0307. The van der Waals surface area contributed by atoms with E-state index in [1.54, 1.807) is 0 Å². The van der Waals surface area contributed by atoms with Gasteiger partial charge < -0.3 is 5.73 Å². The van der Waals surface area contributed by atoms with Crippen molar-refractivity contribution in [3.05, 3.63) is 0 Å². The van der Waals surface area contributed by atoms with Crippen LogP contribution in [0.15, 0.2) is 0 Å². The van der Waals surface area contributed by atoms with Gasteiger partial charge >= 0.3 is 0 Å². The number of nitrogens with two attached hydrogens (primary N) is 1. The monoisotopic (exact) mass is 185 g/mol. The van der Waals surface area contributed by atoms with Gasteiger partial charge in [-0.3, -0.25) is 4.79 Å². The maximum atomic E-state index is 11.2. The van der Waals surface area contributed by atoms with Crippen molar-refractivity contribution >= 4 is 5.78 Å². The summed E-state index contributed by atoms with van der Waals surface area (Å²) < 4.78 is 0. The molecule has 0 aliphatic rings. The van der Waals surface area contributed by atoms with Crippen LogP contribution in [-0.2, 0) is 4.79 Å². The highest BCUT2D eigenvalue weighted by molar-refractivity contribution is 5.78. The molecule has 0 aliphatic heterocycles. The molecule has 0 fully saturated rings. The van der Waals surface area contributed by atoms with Gasteiger partial charge in [0.25, 0.3) is 0 Å². The lowest BCUT2D eigenvalue weighted by atomic mass is 10.1. The number of ketones is 1. The van der Waals surface area contributed by atoms with Crippen molar-refractivity contribution in [1.29, 1.82) is 0 Å². The van der Waals surface area contributed by atoms with Gasteiger partial charge in [0, 0.05) is 18.9 Å². The Morgan fingerprint density at radius 2 is 1.85 bits per heavy atom. The van der Waals surface area contributed by atoms with Crippen LogP contribution in [0.3, 0.4) is 0 Å². The van der Waals surface area contributed by atoms with Gasteiger partial charge in [-0.25, -0.2) is 0 Å². The molecule has 0 aliphatic carbocycles. The molecular formula is C11H23NO. The lowest BCUT2D eigenvalue weighted by Crippen LogP contribution is -2.19. The summed E-state index contributed by atoms with van der Waals surface area (Å²) in [5, 5.41) is 0. The van der Waals surface area contributed by atoms with Crippen molar-refractivity contribution in [2.75, 3.05) is 0 Å². The van der Waals surface area contributed by atoms with Gasteiger partial charge in [0.05, 0.1) is 0 Å². The van der Waals surface area contributed by atoms with Crippen molar-refractivity contribution < 1.29 is 4.79 Å². The van der Waals surface area contributed by atoms with Crippen LogP contribution in [0.2, 0.25) is 0 Å². The quantitative estimate of drug-likeness (QED) is 0.591. The van der Waals surface area contributed by atoms with E-state index in [0.29, 0.717) is 12.2 Å². The van der Waals surface area contributed by atoms with E-state index in [2.05, 4.69) is 6.92 Å². The summed E-state index contributed by atoms with van der Waals surface area (Å²) in [4.78, 5) is 11.2. The van der Waals surface area contributed by atoms with Gasteiger partial charge in [0.15, 0.2) is 0 Å². The van der Waals surface area contributed by atoms with Crippen LogP contribution in [0, 0.1) is 0 Å². The Bertz CT molecular complexity index is 132. The summed E-state index contributed by atoms with van der Waals surface area (Å²) in [5.41, 5.74) is 5.52. The van der Waals surface area contributed by atoms with Gasteiger partial charge in [-0.2, -0.15) is 0 Å². The Kier molecular flexibility index (Phi) is 8.00. The number of carbonyl (C=O) groups is 1. The van der Waals surface area contributed by atoms with Crippen LogP contribution in [0.25, 0.3) is 0 Å². The lowest BCUT2D eigenvalue weighted by molar-refractivity contribution is -0.119. The number of hydrogen-bond acceptors (Lipinski definition) is 2. The fraction of sp³-hybridized carbons (Fsp3) is 0.909. The summed E-state index contributed by atoms with van der Waals surface area (Å²) in [7, 11) is 0. The minimum atomic E-state index is 0.0307. The highest BCUT2D eigenvalue weighted by Gasteiger charge is 2.04. The van der Waals surface area contributed by atoms with Crippen molar-refractivity contribution in [3.8, 4) is 0 Å². The number of hydrogen-bond donors (Lipinski definition) is 1. The highest BCUT2D eigenvalue weighted by Crippen LogP contribution is 2.06. The summed E-state index contributed by atoms with van der Waals surface area (Å²) in [6.07, 6.45) is 7.33.